The number of carbonyl (C=O) groups excluding carboxylic acids is 1. The van der Waals surface area contributed by atoms with E-state index in [4.69, 9.17) is 4.74 Å². The van der Waals surface area contributed by atoms with Crippen LogP contribution in [0.25, 0.3) is 0 Å². The fourth-order valence-corrected chi connectivity index (χ4v) is 0.569. The lowest BCUT2D eigenvalue weighted by Gasteiger charge is -2.01. The number of hydrogen-bond acceptors (Lipinski definition) is 2. The molecule has 3 nitrogen and oxygen atoms in total. The molecular weight excluding hydrogens is 130 g/mol. The van der Waals surface area contributed by atoms with E-state index in [0.29, 0.717) is 13.0 Å². The van der Waals surface area contributed by atoms with Gasteiger partial charge in [0.1, 0.15) is 0 Å². The smallest absolute Gasteiger partial charge is 0.219 e. The predicted octanol–water partition coefficient (Wildman–Crippen LogP) is 0.795. The highest BCUT2D eigenvalue weighted by Gasteiger charge is 1.93. The van der Waals surface area contributed by atoms with E-state index >= 15 is 0 Å². The summed E-state index contributed by atoms with van der Waals surface area (Å²) in [7, 11) is 1.65. The largest absolute Gasteiger partial charge is 0.385 e. The van der Waals surface area contributed by atoms with Gasteiger partial charge in [0.05, 0.1) is 0 Å². The Kier molecular flexibility index (Phi) is 6.18. The van der Waals surface area contributed by atoms with Crippen LogP contribution in [0.1, 0.15) is 21.2 Å². The van der Waals surface area contributed by atoms with E-state index in [1.54, 1.807) is 7.11 Å². The Labute approximate surface area is 63.2 Å². The topological polar surface area (TPSA) is 38.3 Å². The third-order valence-corrected chi connectivity index (χ3v) is 1.17. The van der Waals surface area contributed by atoms with Crippen molar-refractivity contribution in [2.45, 2.75) is 19.8 Å². The van der Waals surface area contributed by atoms with Crippen LogP contribution in [0, 0.1) is 0 Å². The quantitative estimate of drug-likeness (QED) is 0.584. The van der Waals surface area contributed by atoms with Crippen LogP contribution in [-0.4, -0.2) is 26.2 Å². The Bertz CT molecular complexity index is 98.4. The molecule has 0 aliphatic rings. The van der Waals surface area contributed by atoms with Gasteiger partial charge in [-0.2, -0.15) is 0 Å². The van der Waals surface area contributed by atoms with Crippen molar-refractivity contribution < 1.29 is 11.0 Å². The molecule has 0 saturated carbocycles. The van der Waals surface area contributed by atoms with Gasteiger partial charge in [-0.1, -0.05) is 6.92 Å². The maximum absolute atomic E-state index is 10.6. The zero-order valence-electron chi connectivity index (χ0n) is 6.64. The number of carbonyl (C=O) groups is 1. The minimum Gasteiger partial charge on any atom is -0.385 e. The van der Waals surface area contributed by atoms with Gasteiger partial charge in [-0.25, -0.2) is 0 Å². The van der Waals surface area contributed by atoms with Crippen molar-refractivity contribution >= 4 is 5.91 Å². The minimum absolute atomic E-state index is 0. The minimum atomic E-state index is 0. The van der Waals surface area contributed by atoms with Crippen LogP contribution >= 0.6 is 0 Å². The summed E-state index contributed by atoms with van der Waals surface area (Å²) in [6.45, 7) is 3.27. The van der Waals surface area contributed by atoms with Gasteiger partial charge in [-0.3, -0.25) is 4.79 Å². The van der Waals surface area contributed by atoms with Gasteiger partial charge in [0.25, 0.3) is 0 Å². The van der Waals surface area contributed by atoms with Crippen LogP contribution in [0.3, 0.4) is 0 Å². The van der Waals surface area contributed by atoms with Gasteiger partial charge < -0.3 is 10.1 Å². The molecule has 0 aromatic heterocycles. The third-order valence-electron chi connectivity index (χ3n) is 1.17. The molecule has 0 saturated heterocycles. The zero-order valence-corrected chi connectivity index (χ0v) is 6.64. The molecular formula is C7H17NO2. The van der Waals surface area contributed by atoms with Crippen molar-refractivity contribution in [3.05, 3.63) is 0 Å². The molecule has 0 heterocycles. The summed E-state index contributed by atoms with van der Waals surface area (Å²) in [6.07, 6.45) is 1.45. The van der Waals surface area contributed by atoms with Gasteiger partial charge in [0.2, 0.25) is 5.91 Å². The normalized spacial score (nSPS) is 9.40. The molecule has 0 fully saturated rings. The first-order valence-electron chi connectivity index (χ1n) is 3.57. The molecule has 0 atom stereocenters. The van der Waals surface area contributed by atoms with E-state index in [2.05, 4.69) is 5.32 Å². The lowest BCUT2D eigenvalue weighted by Crippen LogP contribution is -2.23. The maximum atomic E-state index is 10.6. The van der Waals surface area contributed by atoms with Crippen molar-refractivity contribution in [2.75, 3.05) is 20.3 Å². The van der Waals surface area contributed by atoms with Gasteiger partial charge in [-0.15, -0.1) is 0 Å². The SMILES string of the molecule is CCC(=O)NCCCOC.[HH]. The number of hydrogen-bond donors (Lipinski definition) is 1. The van der Waals surface area contributed by atoms with E-state index < -0.39 is 0 Å². The number of amides is 1. The highest BCUT2D eigenvalue weighted by molar-refractivity contribution is 5.75. The Hall–Kier alpha value is -0.570. The first kappa shape index (κ1) is 9.43. The van der Waals surface area contributed by atoms with Crippen LogP contribution in [0.4, 0.5) is 0 Å². The second kappa shape index (κ2) is 6.55. The monoisotopic (exact) mass is 147 g/mol. The molecule has 0 unspecified atom stereocenters. The van der Waals surface area contributed by atoms with Crippen molar-refractivity contribution in [1.29, 1.82) is 0 Å². The summed E-state index contributed by atoms with van der Waals surface area (Å²) in [6, 6.07) is 0. The van der Waals surface area contributed by atoms with E-state index in [1.165, 1.54) is 0 Å². The standard InChI is InChI=1S/C7H15NO2.H2/c1-3-7(9)8-5-4-6-10-2;/h3-6H2,1-2H3,(H,8,9);1H. The van der Waals surface area contributed by atoms with Gasteiger partial charge in [0, 0.05) is 28.1 Å². The summed E-state index contributed by atoms with van der Waals surface area (Å²) >= 11 is 0. The van der Waals surface area contributed by atoms with Crippen LogP contribution in [-0.2, 0) is 9.53 Å². The molecule has 0 aromatic carbocycles. The first-order chi connectivity index (χ1) is 4.81. The fraction of sp³-hybridized carbons (Fsp3) is 0.857. The Balaban J connectivity index is 0. The van der Waals surface area contributed by atoms with Crippen molar-refractivity contribution in [3.8, 4) is 0 Å². The second-order valence-electron chi connectivity index (χ2n) is 2.05. The summed E-state index contributed by atoms with van der Waals surface area (Å²) in [5, 5.41) is 2.75. The number of rotatable bonds is 5. The van der Waals surface area contributed by atoms with E-state index in [0.717, 1.165) is 13.0 Å². The predicted molar refractivity (Wildman–Crippen MR) is 41.9 cm³/mol. The molecule has 1 N–H and O–H groups in total. The highest BCUT2D eigenvalue weighted by atomic mass is 16.5. The average Bonchev–Trinajstić information content (AvgIpc) is 1.98. The Morgan fingerprint density at radius 2 is 2.40 bits per heavy atom. The molecule has 10 heavy (non-hydrogen) atoms. The fourth-order valence-electron chi connectivity index (χ4n) is 0.569. The summed E-state index contributed by atoms with van der Waals surface area (Å²) in [5.74, 6) is 0.108. The van der Waals surface area contributed by atoms with E-state index in [-0.39, 0.29) is 7.33 Å². The molecule has 0 rings (SSSR count). The Morgan fingerprint density at radius 3 is 2.90 bits per heavy atom. The van der Waals surface area contributed by atoms with E-state index in [9.17, 15) is 4.79 Å². The first-order valence-corrected chi connectivity index (χ1v) is 3.57. The number of nitrogens with one attached hydrogen (secondary N) is 1. The second-order valence-corrected chi connectivity index (χ2v) is 2.05. The molecule has 1 amide bonds. The summed E-state index contributed by atoms with van der Waals surface area (Å²) in [5.41, 5.74) is 0. The van der Waals surface area contributed by atoms with Crippen LogP contribution in [0.5, 0.6) is 0 Å². The molecule has 0 aromatic rings. The Morgan fingerprint density at radius 1 is 1.70 bits per heavy atom. The summed E-state index contributed by atoms with van der Waals surface area (Å²) in [4.78, 5) is 10.6. The van der Waals surface area contributed by atoms with Crippen LogP contribution in [0.15, 0.2) is 0 Å². The van der Waals surface area contributed by atoms with Gasteiger partial charge >= 0.3 is 0 Å². The lowest BCUT2D eigenvalue weighted by molar-refractivity contribution is -0.120. The molecule has 62 valence electrons. The van der Waals surface area contributed by atoms with Crippen molar-refractivity contribution in [2.24, 2.45) is 0 Å². The lowest BCUT2D eigenvalue weighted by atomic mass is 10.4. The van der Waals surface area contributed by atoms with E-state index in [1.807, 2.05) is 6.92 Å². The number of ether oxygens (including phenoxy) is 1. The van der Waals surface area contributed by atoms with Crippen LogP contribution < -0.4 is 5.32 Å². The maximum Gasteiger partial charge on any atom is 0.219 e. The molecule has 0 aliphatic carbocycles. The summed E-state index contributed by atoms with van der Waals surface area (Å²) < 4.78 is 4.81. The van der Waals surface area contributed by atoms with Crippen molar-refractivity contribution in [3.63, 3.8) is 0 Å². The molecule has 3 heteroatoms. The molecule has 0 aliphatic heterocycles. The third kappa shape index (κ3) is 5.56. The number of methoxy groups -OCH3 is 1. The van der Waals surface area contributed by atoms with Crippen molar-refractivity contribution in [1.82, 2.24) is 5.32 Å². The molecule has 0 bridgehead atoms. The average molecular weight is 147 g/mol. The zero-order chi connectivity index (χ0) is 7.82. The van der Waals surface area contributed by atoms with Crippen LogP contribution in [0.2, 0.25) is 0 Å². The molecule has 0 radical (unpaired) electrons. The highest BCUT2D eigenvalue weighted by Crippen LogP contribution is 1.79. The molecule has 0 spiro atoms. The van der Waals surface area contributed by atoms with Gasteiger partial charge in [-0.05, 0) is 6.42 Å². The van der Waals surface area contributed by atoms with Gasteiger partial charge in [0.15, 0.2) is 0 Å².